The van der Waals surface area contributed by atoms with Gasteiger partial charge < -0.3 is 9.88 Å². The zero-order valence-corrected chi connectivity index (χ0v) is 14.3. The van der Waals surface area contributed by atoms with Crippen molar-refractivity contribution in [2.24, 2.45) is 5.92 Å². The molecule has 1 aliphatic heterocycles. The number of hydrogen-bond donors (Lipinski definition) is 1. The van der Waals surface area contributed by atoms with Crippen LogP contribution in [0.4, 0.5) is 0 Å². The van der Waals surface area contributed by atoms with Gasteiger partial charge in [-0.2, -0.15) is 0 Å². The van der Waals surface area contributed by atoms with Crippen LogP contribution in [-0.4, -0.2) is 33.4 Å². The normalized spacial score (nSPS) is 16.4. The Bertz CT molecular complexity index is 770. The Morgan fingerprint density at radius 2 is 2.04 bits per heavy atom. The van der Waals surface area contributed by atoms with Crippen LogP contribution in [0, 0.1) is 5.92 Å². The van der Waals surface area contributed by atoms with Gasteiger partial charge in [-0.15, -0.1) is 0 Å². The van der Waals surface area contributed by atoms with Crippen molar-refractivity contribution in [3.63, 3.8) is 0 Å². The van der Waals surface area contributed by atoms with Gasteiger partial charge in [0.2, 0.25) is 5.91 Å². The van der Waals surface area contributed by atoms with Gasteiger partial charge in [0.05, 0.1) is 11.0 Å². The van der Waals surface area contributed by atoms with Crippen LogP contribution in [0.3, 0.4) is 0 Å². The Hall–Kier alpha value is -1.75. The van der Waals surface area contributed by atoms with Crippen molar-refractivity contribution in [3.8, 4) is 0 Å². The van der Waals surface area contributed by atoms with Crippen molar-refractivity contribution >= 4 is 28.5 Å². The molecule has 124 valence electrons. The molecule has 0 spiro atoms. The number of carbonyl (C=O) groups excluding carboxylic acids is 1. The number of H-pyrrole nitrogens is 1. The lowest BCUT2D eigenvalue weighted by Gasteiger charge is -2.33. The maximum atomic E-state index is 12.3. The molecule has 0 aliphatic carbocycles. The van der Waals surface area contributed by atoms with E-state index in [1.54, 1.807) is 12.1 Å². The second-order valence-corrected chi connectivity index (χ2v) is 7.11. The van der Waals surface area contributed by atoms with E-state index in [1.165, 1.54) is 0 Å². The number of amides is 1. The van der Waals surface area contributed by atoms with Crippen LogP contribution in [0.5, 0.6) is 0 Å². The van der Waals surface area contributed by atoms with E-state index in [-0.39, 0.29) is 17.6 Å². The molecule has 1 aromatic carbocycles. The average Bonchev–Trinajstić information content (AvgIpc) is 2.81. The largest absolute Gasteiger partial charge is 0.343 e. The van der Waals surface area contributed by atoms with E-state index in [9.17, 15) is 9.59 Å². The molecule has 5 nitrogen and oxygen atoms in total. The fraction of sp³-hybridized carbons (Fsp3) is 0.529. The lowest BCUT2D eigenvalue weighted by Crippen LogP contribution is -2.40. The van der Waals surface area contributed by atoms with Gasteiger partial charge in [0.25, 0.3) is 0 Å². The molecule has 2 heterocycles. The molecule has 0 unspecified atom stereocenters. The van der Waals surface area contributed by atoms with Gasteiger partial charge in [0.15, 0.2) is 0 Å². The number of aromatic amines is 1. The Kier molecular flexibility index (Phi) is 4.48. The Labute approximate surface area is 140 Å². The van der Waals surface area contributed by atoms with Crippen LogP contribution in [0.15, 0.2) is 23.0 Å². The van der Waals surface area contributed by atoms with E-state index in [0.717, 1.165) is 23.9 Å². The SMILES string of the molecule is CC(C)CC(=O)N1CCC(n2c(=O)[nH]c3cc(Cl)ccc32)CC1. The molecular weight excluding hydrogens is 314 g/mol. The second-order valence-electron chi connectivity index (χ2n) is 6.67. The van der Waals surface area contributed by atoms with Crippen LogP contribution < -0.4 is 5.69 Å². The maximum Gasteiger partial charge on any atom is 0.326 e. The van der Waals surface area contributed by atoms with Gasteiger partial charge in [0, 0.05) is 30.6 Å². The van der Waals surface area contributed by atoms with Crippen LogP contribution in [0.1, 0.15) is 39.2 Å². The summed E-state index contributed by atoms with van der Waals surface area (Å²) in [6.45, 7) is 5.54. The summed E-state index contributed by atoms with van der Waals surface area (Å²) in [6, 6.07) is 5.58. The van der Waals surface area contributed by atoms with Crippen molar-refractivity contribution in [1.29, 1.82) is 0 Å². The summed E-state index contributed by atoms with van der Waals surface area (Å²) in [7, 11) is 0. The summed E-state index contributed by atoms with van der Waals surface area (Å²) >= 11 is 5.99. The second kappa shape index (κ2) is 6.40. The predicted molar refractivity (Wildman–Crippen MR) is 91.9 cm³/mol. The fourth-order valence-electron chi connectivity index (χ4n) is 3.32. The summed E-state index contributed by atoms with van der Waals surface area (Å²) in [5.41, 5.74) is 1.54. The third-order valence-corrected chi connectivity index (χ3v) is 4.68. The van der Waals surface area contributed by atoms with Crippen molar-refractivity contribution in [2.75, 3.05) is 13.1 Å². The first-order chi connectivity index (χ1) is 11.0. The number of aromatic nitrogens is 2. The van der Waals surface area contributed by atoms with E-state index < -0.39 is 0 Å². The number of hydrogen-bond acceptors (Lipinski definition) is 2. The highest BCUT2D eigenvalue weighted by atomic mass is 35.5. The average molecular weight is 336 g/mol. The van der Waals surface area contributed by atoms with Gasteiger partial charge in [-0.25, -0.2) is 4.79 Å². The summed E-state index contributed by atoms with van der Waals surface area (Å²) in [4.78, 5) is 29.2. The minimum atomic E-state index is -0.103. The number of piperidine rings is 1. The number of halogens is 1. The van der Waals surface area contributed by atoms with Crippen molar-refractivity contribution < 1.29 is 4.79 Å². The van der Waals surface area contributed by atoms with E-state index in [2.05, 4.69) is 18.8 Å². The lowest BCUT2D eigenvalue weighted by atomic mass is 10.0. The number of nitrogens with zero attached hydrogens (tertiary/aromatic N) is 2. The topological polar surface area (TPSA) is 58.1 Å². The fourth-order valence-corrected chi connectivity index (χ4v) is 3.49. The van der Waals surface area contributed by atoms with Gasteiger partial charge in [-0.3, -0.25) is 9.36 Å². The molecule has 6 heteroatoms. The summed E-state index contributed by atoms with van der Waals surface area (Å²) in [5, 5.41) is 0.611. The Balaban J connectivity index is 1.77. The maximum absolute atomic E-state index is 12.3. The third kappa shape index (κ3) is 3.29. The first kappa shape index (κ1) is 16.1. The van der Waals surface area contributed by atoms with E-state index in [4.69, 9.17) is 11.6 Å². The number of fused-ring (bicyclic) bond motifs is 1. The minimum absolute atomic E-state index is 0.103. The summed E-state index contributed by atoms with van der Waals surface area (Å²) < 4.78 is 1.82. The quantitative estimate of drug-likeness (QED) is 0.936. The highest BCUT2D eigenvalue weighted by molar-refractivity contribution is 6.31. The number of benzene rings is 1. The number of imidazole rings is 1. The van der Waals surface area contributed by atoms with Gasteiger partial charge in [0.1, 0.15) is 0 Å². The lowest BCUT2D eigenvalue weighted by molar-refractivity contribution is -0.133. The molecule has 0 atom stereocenters. The summed E-state index contributed by atoms with van der Waals surface area (Å²) in [6.07, 6.45) is 2.20. The van der Waals surface area contributed by atoms with E-state index in [1.807, 2.05) is 15.5 Å². The number of carbonyl (C=O) groups is 1. The highest BCUT2D eigenvalue weighted by Gasteiger charge is 2.26. The van der Waals surface area contributed by atoms with Crippen LogP contribution >= 0.6 is 11.6 Å². The van der Waals surface area contributed by atoms with Gasteiger partial charge in [-0.1, -0.05) is 25.4 Å². The molecule has 1 aromatic heterocycles. The summed E-state index contributed by atoms with van der Waals surface area (Å²) in [5.74, 6) is 0.595. The van der Waals surface area contributed by atoms with E-state index >= 15 is 0 Å². The third-order valence-electron chi connectivity index (χ3n) is 4.44. The Morgan fingerprint density at radius 1 is 1.35 bits per heavy atom. The van der Waals surface area contributed by atoms with Crippen LogP contribution in [0.25, 0.3) is 11.0 Å². The first-order valence-electron chi connectivity index (χ1n) is 8.13. The van der Waals surface area contributed by atoms with Gasteiger partial charge in [-0.05, 0) is 37.0 Å². The molecule has 1 N–H and O–H groups in total. The molecule has 0 saturated carbocycles. The van der Waals surface area contributed by atoms with E-state index in [0.29, 0.717) is 30.5 Å². The molecule has 0 bridgehead atoms. The van der Waals surface area contributed by atoms with Crippen molar-refractivity contribution in [3.05, 3.63) is 33.7 Å². The molecule has 1 fully saturated rings. The molecule has 0 radical (unpaired) electrons. The Morgan fingerprint density at radius 3 is 2.70 bits per heavy atom. The highest BCUT2D eigenvalue weighted by Crippen LogP contribution is 2.26. The zero-order chi connectivity index (χ0) is 16.6. The molecule has 3 rings (SSSR count). The monoisotopic (exact) mass is 335 g/mol. The molecular formula is C17H22ClN3O2. The minimum Gasteiger partial charge on any atom is -0.343 e. The number of nitrogens with one attached hydrogen (secondary N) is 1. The predicted octanol–water partition coefficient (Wildman–Crippen LogP) is 3.19. The smallest absolute Gasteiger partial charge is 0.326 e. The van der Waals surface area contributed by atoms with Crippen molar-refractivity contribution in [2.45, 2.75) is 39.2 Å². The standard InChI is InChI=1S/C17H22ClN3O2/c1-11(2)9-16(22)20-7-5-13(6-8-20)21-15-4-3-12(18)10-14(15)19-17(21)23/h3-4,10-11,13H,5-9H2,1-2H3,(H,19,23). The van der Waals surface area contributed by atoms with Crippen LogP contribution in [-0.2, 0) is 4.79 Å². The first-order valence-corrected chi connectivity index (χ1v) is 8.51. The zero-order valence-electron chi connectivity index (χ0n) is 13.5. The molecule has 23 heavy (non-hydrogen) atoms. The van der Waals surface area contributed by atoms with Crippen LogP contribution in [0.2, 0.25) is 5.02 Å². The molecule has 1 amide bonds. The molecule has 1 aliphatic rings. The molecule has 2 aromatic rings. The molecule has 1 saturated heterocycles. The number of rotatable bonds is 3. The van der Waals surface area contributed by atoms with Gasteiger partial charge >= 0.3 is 5.69 Å². The number of likely N-dealkylation sites (tertiary alicyclic amines) is 1. The van der Waals surface area contributed by atoms with Crippen molar-refractivity contribution in [1.82, 2.24) is 14.5 Å².